The van der Waals surface area contributed by atoms with Crippen LogP contribution in [-0.4, -0.2) is 61.5 Å². The number of amides is 1. The second-order valence-electron chi connectivity index (χ2n) is 6.45. The van der Waals surface area contributed by atoms with E-state index in [0.717, 1.165) is 44.8 Å². The van der Waals surface area contributed by atoms with E-state index in [1.54, 1.807) is 0 Å². The number of nitrogens with one attached hydrogen (secondary N) is 1. The molecule has 3 aliphatic rings. The number of hydrogen-bond donors (Lipinski definition) is 1. The molecule has 108 valence electrons. The van der Waals surface area contributed by atoms with Crippen LogP contribution in [0.3, 0.4) is 0 Å². The topological polar surface area (TPSA) is 35.6 Å². The molecule has 0 bridgehead atoms. The van der Waals surface area contributed by atoms with E-state index in [2.05, 4.69) is 15.1 Å². The Labute approximate surface area is 116 Å². The average Bonchev–Trinajstić information content (AvgIpc) is 3.27. The molecule has 0 radical (unpaired) electrons. The Hall–Kier alpha value is -0.610. The first-order valence-corrected chi connectivity index (χ1v) is 8.05. The van der Waals surface area contributed by atoms with Gasteiger partial charge in [0.05, 0.1) is 0 Å². The monoisotopic (exact) mass is 265 g/mol. The van der Waals surface area contributed by atoms with Gasteiger partial charge in [0.25, 0.3) is 0 Å². The highest BCUT2D eigenvalue weighted by Gasteiger charge is 2.34. The minimum atomic E-state index is 0.385. The summed E-state index contributed by atoms with van der Waals surface area (Å²) in [6.45, 7) is 7.82. The first-order valence-electron chi connectivity index (χ1n) is 8.05. The van der Waals surface area contributed by atoms with Gasteiger partial charge in [0.2, 0.25) is 5.91 Å². The zero-order valence-electron chi connectivity index (χ0n) is 11.9. The predicted molar refractivity (Wildman–Crippen MR) is 76.0 cm³/mol. The fraction of sp³-hybridized carbons (Fsp3) is 0.933. The van der Waals surface area contributed by atoms with Crippen LogP contribution in [0.5, 0.6) is 0 Å². The van der Waals surface area contributed by atoms with Gasteiger partial charge in [0.15, 0.2) is 0 Å². The van der Waals surface area contributed by atoms with E-state index in [0.29, 0.717) is 11.8 Å². The molecule has 1 saturated carbocycles. The van der Waals surface area contributed by atoms with Gasteiger partial charge in [-0.15, -0.1) is 0 Å². The minimum absolute atomic E-state index is 0.385. The van der Waals surface area contributed by atoms with Crippen molar-refractivity contribution in [1.82, 2.24) is 15.1 Å². The molecule has 4 nitrogen and oxygen atoms in total. The molecule has 0 aromatic carbocycles. The van der Waals surface area contributed by atoms with Gasteiger partial charge >= 0.3 is 0 Å². The van der Waals surface area contributed by atoms with Crippen LogP contribution in [0, 0.1) is 11.8 Å². The fourth-order valence-corrected chi connectivity index (χ4v) is 3.39. The molecule has 2 saturated heterocycles. The SMILES string of the molecule is O=C(C1CC1)N1CCCN(CC2CCNCC2)CC1. The van der Waals surface area contributed by atoms with E-state index in [4.69, 9.17) is 0 Å². The summed E-state index contributed by atoms with van der Waals surface area (Å²) in [5.41, 5.74) is 0. The minimum Gasteiger partial charge on any atom is -0.341 e. The second kappa shape index (κ2) is 6.23. The molecule has 0 unspecified atom stereocenters. The van der Waals surface area contributed by atoms with Crippen molar-refractivity contribution >= 4 is 5.91 Å². The van der Waals surface area contributed by atoms with Crippen molar-refractivity contribution in [3.05, 3.63) is 0 Å². The zero-order valence-corrected chi connectivity index (χ0v) is 11.9. The summed E-state index contributed by atoms with van der Waals surface area (Å²) in [6, 6.07) is 0. The zero-order chi connectivity index (χ0) is 13.1. The second-order valence-corrected chi connectivity index (χ2v) is 6.45. The summed E-state index contributed by atoms with van der Waals surface area (Å²) < 4.78 is 0. The lowest BCUT2D eigenvalue weighted by Gasteiger charge is -2.29. The van der Waals surface area contributed by atoms with Crippen LogP contribution in [0.15, 0.2) is 0 Å². The van der Waals surface area contributed by atoms with Crippen molar-refractivity contribution < 1.29 is 4.79 Å². The van der Waals surface area contributed by atoms with Crippen molar-refractivity contribution in [2.45, 2.75) is 32.1 Å². The maximum absolute atomic E-state index is 12.1. The molecule has 3 rings (SSSR count). The molecule has 2 heterocycles. The van der Waals surface area contributed by atoms with Crippen LogP contribution >= 0.6 is 0 Å². The third-order valence-electron chi connectivity index (χ3n) is 4.80. The van der Waals surface area contributed by atoms with E-state index in [1.807, 2.05) is 0 Å². The molecule has 2 aliphatic heterocycles. The highest BCUT2D eigenvalue weighted by molar-refractivity contribution is 5.81. The Morgan fingerprint density at radius 3 is 2.53 bits per heavy atom. The normalized spacial score (nSPS) is 27.3. The van der Waals surface area contributed by atoms with Crippen LogP contribution in [0.2, 0.25) is 0 Å². The van der Waals surface area contributed by atoms with Crippen molar-refractivity contribution in [2.24, 2.45) is 11.8 Å². The molecule has 1 N–H and O–H groups in total. The highest BCUT2D eigenvalue weighted by Crippen LogP contribution is 2.31. The maximum atomic E-state index is 12.1. The van der Waals surface area contributed by atoms with Gasteiger partial charge < -0.3 is 15.1 Å². The molecule has 1 aliphatic carbocycles. The molecule has 19 heavy (non-hydrogen) atoms. The lowest BCUT2D eigenvalue weighted by Crippen LogP contribution is -2.39. The first kappa shape index (κ1) is 13.4. The third-order valence-corrected chi connectivity index (χ3v) is 4.80. The van der Waals surface area contributed by atoms with Crippen LogP contribution < -0.4 is 5.32 Å². The van der Waals surface area contributed by atoms with Crippen LogP contribution in [-0.2, 0) is 4.79 Å². The van der Waals surface area contributed by atoms with Crippen LogP contribution in [0.25, 0.3) is 0 Å². The Morgan fingerprint density at radius 2 is 1.79 bits per heavy atom. The van der Waals surface area contributed by atoms with Gasteiger partial charge in [-0.25, -0.2) is 0 Å². The lowest BCUT2D eigenvalue weighted by molar-refractivity contribution is -0.132. The average molecular weight is 265 g/mol. The number of carbonyl (C=O) groups is 1. The largest absolute Gasteiger partial charge is 0.341 e. The molecule has 1 amide bonds. The Morgan fingerprint density at radius 1 is 1.00 bits per heavy atom. The quantitative estimate of drug-likeness (QED) is 0.824. The summed E-state index contributed by atoms with van der Waals surface area (Å²) >= 11 is 0. The van der Waals surface area contributed by atoms with Crippen LogP contribution in [0.4, 0.5) is 0 Å². The van der Waals surface area contributed by atoms with Gasteiger partial charge in [0, 0.05) is 32.1 Å². The molecule has 4 heteroatoms. The van der Waals surface area contributed by atoms with Crippen molar-refractivity contribution in [3.63, 3.8) is 0 Å². The van der Waals surface area contributed by atoms with Gasteiger partial charge in [0.1, 0.15) is 0 Å². The summed E-state index contributed by atoms with van der Waals surface area (Å²) in [4.78, 5) is 16.8. The molecule has 0 atom stereocenters. The summed E-state index contributed by atoms with van der Waals surface area (Å²) in [6.07, 6.45) is 6.06. The number of hydrogen-bond acceptors (Lipinski definition) is 3. The third kappa shape index (κ3) is 3.69. The molecule has 0 spiro atoms. The van der Waals surface area contributed by atoms with E-state index < -0.39 is 0 Å². The lowest BCUT2D eigenvalue weighted by atomic mass is 9.97. The van der Waals surface area contributed by atoms with E-state index >= 15 is 0 Å². The van der Waals surface area contributed by atoms with Crippen molar-refractivity contribution in [2.75, 3.05) is 45.8 Å². The number of piperidine rings is 1. The first-order chi connectivity index (χ1) is 9.33. The van der Waals surface area contributed by atoms with E-state index in [-0.39, 0.29) is 0 Å². The fourth-order valence-electron chi connectivity index (χ4n) is 3.39. The van der Waals surface area contributed by atoms with Gasteiger partial charge in [-0.3, -0.25) is 4.79 Å². The predicted octanol–water partition coefficient (Wildman–Crippen LogP) is 0.930. The molecular weight excluding hydrogens is 238 g/mol. The maximum Gasteiger partial charge on any atom is 0.225 e. The van der Waals surface area contributed by atoms with Gasteiger partial charge in [-0.1, -0.05) is 0 Å². The summed E-state index contributed by atoms with van der Waals surface area (Å²) in [5.74, 6) is 1.69. The number of nitrogens with zero attached hydrogens (tertiary/aromatic N) is 2. The van der Waals surface area contributed by atoms with E-state index in [1.165, 1.54) is 39.0 Å². The Bertz CT molecular complexity index is 311. The standard InChI is InChI=1S/C15H27N3O/c19-15(14-2-3-14)18-9-1-8-17(10-11-18)12-13-4-6-16-7-5-13/h13-14,16H,1-12H2. The Balaban J connectivity index is 1.45. The Kier molecular flexibility index (Phi) is 4.38. The molecule has 3 fully saturated rings. The summed E-state index contributed by atoms with van der Waals surface area (Å²) in [7, 11) is 0. The molecule has 0 aromatic rings. The molecule has 0 aromatic heterocycles. The van der Waals surface area contributed by atoms with E-state index in [9.17, 15) is 4.79 Å². The van der Waals surface area contributed by atoms with Crippen LogP contribution in [0.1, 0.15) is 32.1 Å². The van der Waals surface area contributed by atoms with Gasteiger partial charge in [-0.05, 0) is 57.7 Å². The smallest absolute Gasteiger partial charge is 0.225 e. The summed E-state index contributed by atoms with van der Waals surface area (Å²) in [5, 5.41) is 3.43. The number of carbonyl (C=O) groups excluding carboxylic acids is 1. The highest BCUT2D eigenvalue weighted by atomic mass is 16.2. The number of rotatable bonds is 3. The molecular formula is C15H27N3O. The van der Waals surface area contributed by atoms with Crippen molar-refractivity contribution in [3.8, 4) is 0 Å². The van der Waals surface area contributed by atoms with Gasteiger partial charge in [-0.2, -0.15) is 0 Å². The van der Waals surface area contributed by atoms with Crippen molar-refractivity contribution in [1.29, 1.82) is 0 Å².